The largest absolute Gasteiger partial charge is 0.375 e. The highest BCUT2D eigenvalue weighted by atomic mass is 19.2. The van der Waals surface area contributed by atoms with Crippen molar-refractivity contribution in [3.63, 3.8) is 0 Å². The SMILES string of the molecule is CN(C)CCCC1CN(C(=O)c2cc(-c3cccc(F)c3F)on2)CCO1. The standard InChI is InChI=1S/C19H23F2N3O3/c1-23(2)8-4-5-13-12-24(9-10-26-13)19(25)16-11-17(27-22-16)14-6-3-7-15(20)18(14)21/h3,6-7,11,13H,4-5,8-10,12H2,1-2H3. The Balaban J connectivity index is 1.66. The van der Waals surface area contributed by atoms with Crippen molar-refractivity contribution in [2.75, 3.05) is 40.3 Å². The van der Waals surface area contributed by atoms with Crippen LogP contribution in [0, 0.1) is 11.6 Å². The summed E-state index contributed by atoms with van der Waals surface area (Å²) in [6, 6.07) is 5.11. The molecule has 0 saturated carbocycles. The molecule has 1 saturated heterocycles. The van der Waals surface area contributed by atoms with Crippen molar-refractivity contribution >= 4 is 5.91 Å². The molecule has 6 nitrogen and oxygen atoms in total. The van der Waals surface area contributed by atoms with Gasteiger partial charge in [0.25, 0.3) is 5.91 Å². The monoisotopic (exact) mass is 379 g/mol. The van der Waals surface area contributed by atoms with E-state index in [2.05, 4.69) is 10.1 Å². The van der Waals surface area contributed by atoms with Crippen LogP contribution in [0.4, 0.5) is 8.78 Å². The normalized spacial score (nSPS) is 17.5. The topological polar surface area (TPSA) is 58.8 Å². The fraction of sp³-hybridized carbons (Fsp3) is 0.474. The van der Waals surface area contributed by atoms with Crippen LogP contribution in [0.3, 0.4) is 0 Å². The maximum atomic E-state index is 13.9. The van der Waals surface area contributed by atoms with Crippen molar-refractivity contribution in [1.29, 1.82) is 0 Å². The van der Waals surface area contributed by atoms with E-state index in [-0.39, 0.29) is 29.0 Å². The Hall–Kier alpha value is -2.32. The van der Waals surface area contributed by atoms with Crippen molar-refractivity contribution in [3.05, 3.63) is 41.6 Å². The smallest absolute Gasteiger partial charge is 0.276 e. The Morgan fingerprint density at radius 2 is 2.19 bits per heavy atom. The second-order valence-electron chi connectivity index (χ2n) is 6.87. The van der Waals surface area contributed by atoms with Gasteiger partial charge in [0, 0.05) is 19.2 Å². The summed E-state index contributed by atoms with van der Waals surface area (Å²) in [7, 11) is 4.03. The molecule has 1 amide bonds. The first-order chi connectivity index (χ1) is 13.0. The van der Waals surface area contributed by atoms with Crippen LogP contribution in [-0.2, 0) is 4.74 Å². The van der Waals surface area contributed by atoms with E-state index in [1.807, 2.05) is 14.1 Å². The van der Waals surface area contributed by atoms with Gasteiger partial charge < -0.3 is 19.1 Å². The first kappa shape index (κ1) is 19.4. The van der Waals surface area contributed by atoms with Crippen LogP contribution in [0.15, 0.2) is 28.8 Å². The lowest BCUT2D eigenvalue weighted by Gasteiger charge is -2.32. The third-order valence-electron chi connectivity index (χ3n) is 4.50. The molecule has 2 heterocycles. The van der Waals surface area contributed by atoms with Gasteiger partial charge in [0.05, 0.1) is 18.3 Å². The number of amides is 1. The second-order valence-corrected chi connectivity index (χ2v) is 6.87. The molecule has 0 aliphatic carbocycles. The summed E-state index contributed by atoms with van der Waals surface area (Å²) >= 11 is 0. The molecule has 0 radical (unpaired) electrons. The van der Waals surface area contributed by atoms with Crippen LogP contribution in [0.5, 0.6) is 0 Å². The number of carbonyl (C=O) groups excluding carboxylic acids is 1. The first-order valence-electron chi connectivity index (χ1n) is 8.92. The van der Waals surface area contributed by atoms with Crippen molar-refractivity contribution in [1.82, 2.24) is 15.0 Å². The van der Waals surface area contributed by atoms with Gasteiger partial charge in [-0.1, -0.05) is 11.2 Å². The second kappa shape index (κ2) is 8.58. The van der Waals surface area contributed by atoms with Gasteiger partial charge in [0.1, 0.15) is 0 Å². The number of benzene rings is 1. The number of hydrogen-bond donors (Lipinski definition) is 0. The Labute approximate surface area is 156 Å². The molecule has 1 atom stereocenters. The van der Waals surface area contributed by atoms with E-state index in [0.717, 1.165) is 25.5 Å². The minimum atomic E-state index is -1.03. The number of morpholine rings is 1. The molecule has 1 aliphatic rings. The highest BCUT2D eigenvalue weighted by Gasteiger charge is 2.27. The lowest BCUT2D eigenvalue weighted by Crippen LogP contribution is -2.45. The molecule has 0 N–H and O–H groups in total. The summed E-state index contributed by atoms with van der Waals surface area (Å²) in [6.45, 7) is 2.35. The zero-order valence-electron chi connectivity index (χ0n) is 15.5. The molecule has 8 heteroatoms. The number of aromatic nitrogens is 1. The van der Waals surface area contributed by atoms with Crippen LogP contribution in [0.1, 0.15) is 23.3 Å². The molecule has 0 spiro atoms. The van der Waals surface area contributed by atoms with Crippen LogP contribution in [0.25, 0.3) is 11.3 Å². The third-order valence-corrected chi connectivity index (χ3v) is 4.50. The minimum Gasteiger partial charge on any atom is -0.375 e. The average Bonchev–Trinajstić information content (AvgIpc) is 3.13. The quantitative estimate of drug-likeness (QED) is 0.773. The van der Waals surface area contributed by atoms with Crippen LogP contribution in [0.2, 0.25) is 0 Å². The molecule has 1 unspecified atom stereocenters. The molecule has 0 bridgehead atoms. The summed E-state index contributed by atoms with van der Waals surface area (Å²) in [5, 5.41) is 3.75. The van der Waals surface area contributed by atoms with Gasteiger partial charge in [0.15, 0.2) is 23.1 Å². The highest BCUT2D eigenvalue weighted by molar-refractivity contribution is 5.93. The summed E-state index contributed by atoms with van der Waals surface area (Å²) in [5.74, 6) is -2.29. The molecule has 146 valence electrons. The van der Waals surface area contributed by atoms with Gasteiger partial charge in [-0.15, -0.1) is 0 Å². The molecule has 27 heavy (non-hydrogen) atoms. The Morgan fingerprint density at radius 1 is 1.37 bits per heavy atom. The predicted octanol–water partition coefficient (Wildman–Crippen LogP) is 2.80. The number of ether oxygens (including phenoxy) is 1. The first-order valence-corrected chi connectivity index (χ1v) is 8.92. The fourth-order valence-corrected chi connectivity index (χ4v) is 3.07. The number of hydrogen-bond acceptors (Lipinski definition) is 5. The number of carbonyl (C=O) groups is 1. The lowest BCUT2D eigenvalue weighted by atomic mass is 10.1. The van der Waals surface area contributed by atoms with E-state index in [4.69, 9.17) is 9.26 Å². The van der Waals surface area contributed by atoms with Crippen molar-refractivity contribution in [3.8, 4) is 11.3 Å². The molecule has 3 rings (SSSR count). The summed E-state index contributed by atoms with van der Waals surface area (Å²) in [4.78, 5) is 16.5. The van der Waals surface area contributed by atoms with Gasteiger partial charge in [-0.3, -0.25) is 4.79 Å². The van der Waals surface area contributed by atoms with E-state index in [1.165, 1.54) is 18.2 Å². The molecule has 1 aliphatic heterocycles. The molecular formula is C19H23F2N3O3. The molecule has 1 aromatic carbocycles. The zero-order valence-corrected chi connectivity index (χ0v) is 15.5. The lowest BCUT2D eigenvalue weighted by molar-refractivity contribution is -0.0263. The van der Waals surface area contributed by atoms with E-state index in [9.17, 15) is 13.6 Å². The maximum Gasteiger partial charge on any atom is 0.276 e. The minimum absolute atomic E-state index is 0.0188. The van der Waals surface area contributed by atoms with Crippen molar-refractivity contribution in [2.24, 2.45) is 0 Å². The van der Waals surface area contributed by atoms with Gasteiger partial charge in [-0.2, -0.15) is 0 Å². The molecule has 2 aromatic rings. The van der Waals surface area contributed by atoms with E-state index in [1.54, 1.807) is 4.90 Å². The van der Waals surface area contributed by atoms with E-state index >= 15 is 0 Å². The van der Waals surface area contributed by atoms with Crippen LogP contribution >= 0.6 is 0 Å². The van der Waals surface area contributed by atoms with Crippen LogP contribution in [-0.4, -0.2) is 67.3 Å². The highest BCUT2D eigenvalue weighted by Crippen LogP contribution is 2.25. The average molecular weight is 379 g/mol. The van der Waals surface area contributed by atoms with Crippen LogP contribution < -0.4 is 0 Å². The third kappa shape index (κ3) is 4.70. The molecule has 1 fully saturated rings. The Morgan fingerprint density at radius 3 is 2.96 bits per heavy atom. The Kier molecular flexibility index (Phi) is 6.18. The molecular weight excluding hydrogens is 356 g/mol. The maximum absolute atomic E-state index is 13.9. The summed E-state index contributed by atoms with van der Waals surface area (Å²) in [5.41, 5.74) is 0.00712. The Bertz CT molecular complexity index is 794. The summed E-state index contributed by atoms with van der Waals surface area (Å²) < 4.78 is 38.1. The number of nitrogens with zero attached hydrogens (tertiary/aromatic N) is 3. The number of rotatable bonds is 6. The predicted molar refractivity (Wildman–Crippen MR) is 95.3 cm³/mol. The fourth-order valence-electron chi connectivity index (χ4n) is 3.07. The van der Waals surface area contributed by atoms with E-state index < -0.39 is 11.6 Å². The molecule has 1 aromatic heterocycles. The zero-order chi connectivity index (χ0) is 19.4. The summed E-state index contributed by atoms with van der Waals surface area (Å²) in [6.07, 6.45) is 1.82. The van der Waals surface area contributed by atoms with Gasteiger partial charge in [-0.25, -0.2) is 8.78 Å². The van der Waals surface area contributed by atoms with E-state index in [0.29, 0.717) is 19.7 Å². The van der Waals surface area contributed by atoms with Gasteiger partial charge in [0.2, 0.25) is 0 Å². The van der Waals surface area contributed by atoms with Gasteiger partial charge in [-0.05, 0) is 45.6 Å². The van der Waals surface area contributed by atoms with Gasteiger partial charge >= 0.3 is 0 Å². The van der Waals surface area contributed by atoms with Crippen molar-refractivity contribution in [2.45, 2.75) is 18.9 Å². The van der Waals surface area contributed by atoms with Crippen molar-refractivity contribution < 1.29 is 22.8 Å². The number of halogens is 2.